The van der Waals surface area contributed by atoms with Gasteiger partial charge in [-0.15, -0.1) is 0 Å². The number of nitrogens with zero attached hydrogens (tertiary/aromatic N) is 2. The molecule has 6 nitrogen and oxygen atoms in total. The Bertz CT molecular complexity index is 1240. The van der Waals surface area contributed by atoms with Gasteiger partial charge < -0.3 is 9.47 Å². The first kappa shape index (κ1) is 19.5. The topological polar surface area (TPSA) is 85.4 Å². The summed E-state index contributed by atoms with van der Waals surface area (Å²) in [6.45, 7) is 0. The SMILES string of the molecule is COc1cc2c3c(ccc2cc1C#N)OC(c1cc(F)c(F)cc1F)C([N+](=O)[O-])C3. The number of hydrogen-bond acceptors (Lipinski definition) is 5. The maximum Gasteiger partial charge on any atom is 0.257 e. The third-order valence-electron chi connectivity index (χ3n) is 5.16. The van der Waals surface area contributed by atoms with Crippen molar-refractivity contribution >= 4 is 10.8 Å². The highest BCUT2D eigenvalue weighted by Gasteiger charge is 2.42. The Morgan fingerprint density at radius 3 is 2.57 bits per heavy atom. The lowest BCUT2D eigenvalue weighted by Gasteiger charge is -2.30. The molecular weight excluding hydrogens is 401 g/mol. The Labute approximate surface area is 168 Å². The first-order valence-electron chi connectivity index (χ1n) is 8.82. The number of nitriles is 1. The van der Waals surface area contributed by atoms with Crippen molar-refractivity contribution < 1.29 is 27.6 Å². The number of nitro groups is 1. The van der Waals surface area contributed by atoms with Crippen LogP contribution in [0.5, 0.6) is 11.5 Å². The van der Waals surface area contributed by atoms with Crippen molar-refractivity contribution in [3.63, 3.8) is 0 Å². The van der Waals surface area contributed by atoms with Gasteiger partial charge in [0.1, 0.15) is 23.4 Å². The van der Waals surface area contributed by atoms with E-state index >= 15 is 0 Å². The molecule has 1 heterocycles. The summed E-state index contributed by atoms with van der Waals surface area (Å²) in [4.78, 5) is 11.1. The van der Waals surface area contributed by atoms with Gasteiger partial charge in [-0.05, 0) is 35.0 Å². The highest BCUT2D eigenvalue weighted by molar-refractivity contribution is 5.91. The van der Waals surface area contributed by atoms with Gasteiger partial charge >= 0.3 is 0 Å². The van der Waals surface area contributed by atoms with Gasteiger partial charge in [-0.25, -0.2) is 13.2 Å². The number of benzene rings is 3. The zero-order chi connectivity index (χ0) is 21.6. The fraction of sp³-hybridized carbons (Fsp3) is 0.190. The van der Waals surface area contributed by atoms with Crippen LogP contribution in [0.4, 0.5) is 13.2 Å². The molecule has 3 aromatic carbocycles. The molecule has 0 saturated heterocycles. The number of hydrogen-bond donors (Lipinski definition) is 0. The van der Waals surface area contributed by atoms with Crippen LogP contribution in [0.1, 0.15) is 22.8 Å². The molecular formula is C21H13F3N2O4. The summed E-state index contributed by atoms with van der Waals surface area (Å²) in [5.41, 5.74) is 0.351. The van der Waals surface area contributed by atoms with Crippen LogP contribution in [0.3, 0.4) is 0 Å². The van der Waals surface area contributed by atoms with E-state index in [0.717, 1.165) is 0 Å². The number of halogens is 3. The minimum atomic E-state index is -1.44. The molecule has 4 rings (SSSR count). The summed E-state index contributed by atoms with van der Waals surface area (Å²) in [5, 5.41) is 22.2. The molecule has 0 bridgehead atoms. The largest absolute Gasteiger partial charge is 0.495 e. The molecule has 152 valence electrons. The Morgan fingerprint density at radius 1 is 1.17 bits per heavy atom. The van der Waals surface area contributed by atoms with Gasteiger partial charge in [-0.1, -0.05) is 6.07 Å². The van der Waals surface area contributed by atoms with Crippen LogP contribution in [0.15, 0.2) is 36.4 Å². The van der Waals surface area contributed by atoms with Crippen LogP contribution in [-0.4, -0.2) is 18.1 Å². The smallest absolute Gasteiger partial charge is 0.257 e. The fourth-order valence-corrected chi connectivity index (χ4v) is 3.72. The van der Waals surface area contributed by atoms with Gasteiger partial charge in [0, 0.05) is 28.5 Å². The molecule has 0 fully saturated rings. The summed E-state index contributed by atoms with van der Waals surface area (Å²) in [6, 6.07) is 7.89. The second-order valence-corrected chi connectivity index (χ2v) is 6.81. The molecule has 2 atom stereocenters. The lowest BCUT2D eigenvalue weighted by molar-refractivity contribution is -0.535. The quantitative estimate of drug-likeness (QED) is 0.359. The normalized spacial score (nSPS) is 17.7. The van der Waals surface area contributed by atoms with Crippen molar-refractivity contribution in [1.82, 2.24) is 0 Å². The average Bonchev–Trinajstić information content (AvgIpc) is 2.74. The first-order chi connectivity index (χ1) is 14.3. The standard InChI is InChI=1S/C21H13F3N2O4/c1-29-20-7-12-10(4-11(20)9-25)2-3-19-13(12)6-18(26(27)28)21(30-19)14-5-16(23)17(24)8-15(14)22/h2-5,7-8,18,21H,6H2,1H3. The molecule has 9 heteroatoms. The molecule has 1 aliphatic heterocycles. The van der Waals surface area contributed by atoms with Crippen LogP contribution >= 0.6 is 0 Å². The van der Waals surface area contributed by atoms with Crippen molar-refractivity contribution in [2.45, 2.75) is 18.6 Å². The minimum Gasteiger partial charge on any atom is -0.495 e. The summed E-state index contributed by atoms with van der Waals surface area (Å²) in [7, 11) is 1.40. The molecule has 0 amide bonds. The highest BCUT2D eigenvalue weighted by Crippen LogP contribution is 2.42. The third kappa shape index (κ3) is 3.06. The summed E-state index contributed by atoms with van der Waals surface area (Å²) in [6.07, 6.45) is -1.59. The van der Waals surface area contributed by atoms with E-state index in [4.69, 9.17) is 9.47 Å². The second-order valence-electron chi connectivity index (χ2n) is 6.81. The first-order valence-corrected chi connectivity index (χ1v) is 8.82. The van der Waals surface area contributed by atoms with Crippen molar-refractivity contribution in [3.8, 4) is 17.6 Å². The van der Waals surface area contributed by atoms with Crippen LogP contribution in [0.2, 0.25) is 0 Å². The maximum absolute atomic E-state index is 14.3. The van der Waals surface area contributed by atoms with E-state index in [1.807, 2.05) is 6.07 Å². The predicted octanol–water partition coefficient (Wildman–Crippen LogP) is 4.46. The summed E-state index contributed by atoms with van der Waals surface area (Å²) in [5.74, 6) is -3.30. The molecule has 3 aromatic rings. The summed E-state index contributed by atoms with van der Waals surface area (Å²) >= 11 is 0. The van der Waals surface area contributed by atoms with Crippen LogP contribution < -0.4 is 9.47 Å². The fourth-order valence-electron chi connectivity index (χ4n) is 3.72. The van der Waals surface area contributed by atoms with Crippen molar-refractivity contribution in [2.75, 3.05) is 7.11 Å². The molecule has 0 N–H and O–H groups in total. The van der Waals surface area contributed by atoms with E-state index in [0.29, 0.717) is 39.8 Å². The maximum atomic E-state index is 14.3. The Hall–Kier alpha value is -3.80. The zero-order valence-corrected chi connectivity index (χ0v) is 15.5. The third-order valence-corrected chi connectivity index (χ3v) is 5.16. The number of methoxy groups -OCH3 is 1. The number of rotatable bonds is 3. The Kier molecular flexibility index (Phi) is 4.70. The van der Waals surface area contributed by atoms with Gasteiger partial charge in [0.15, 0.2) is 17.7 Å². The van der Waals surface area contributed by atoms with Crippen molar-refractivity contribution in [2.24, 2.45) is 0 Å². The van der Waals surface area contributed by atoms with E-state index < -0.39 is 40.1 Å². The van der Waals surface area contributed by atoms with Crippen molar-refractivity contribution in [1.29, 1.82) is 5.26 Å². The van der Waals surface area contributed by atoms with E-state index in [2.05, 4.69) is 0 Å². The van der Waals surface area contributed by atoms with E-state index in [-0.39, 0.29) is 12.2 Å². The Morgan fingerprint density at radius 2 is 1.90 bits per heavy atom. The lowest BCUT2D eigenvalue weighted by Crippen LogP contribution is -2.37. The number of fused-ring (bicyclic) bond motifs is 3. The van der Waals surface area contributed by atoms with E-state index in [9.17, 15) is 28.5 Å². The second kappa shape index (κ2) is 7.22. The van der Waals surface area contributed by atoms with Crippen LogP contribution in [0.25, 0.3) is 10.8 Å². The molecule has 0 radical (unpaired) electrons. The molecule has 0 aromatic heterocycles. The van der Waals surface area contributed by atoms with E-state index in [1.54, 1.807) is 24.3 Å². The van der Waals surface area contributed by atoms with E-state index in [1.165, 1.54) is 7.11 Å². The summed E-state index contributed by atoms with van der Waals surface area (Å²) < 4.78 is 52.3. The highest BCUT2D eigenvalue weighted by atomic mass is 19.2. The molecule has 0 aliphatic carbocycles. The number of ether oxygens (including phenoxy) is 2. The monoisotopic (exact) mass is 414 g/mol. The lowest BCUT2D eigenvalue weighted by atomic mass is 9.89. The molecule has 2 unspecified atom stereocenters. The predicted molar refractivity (Wildman–Crippen MR) is 99.4 cm³/mol. The van der Waals surface area contributed by atoms with Crippen LogP contribution in [0, 0.1) is 38.9 Å². The minimum absolute atomic E-state index is 0.141. The van der Waals surface area contributed by atoms with Crippen LogP contribution in [-0.2, 0) is 6.42 Å². The van der Waals surface area contributed by atoms with Crippen molar-refractivity contribution in [3.05, 3.63) is 80.7 Å². The van der Waals surface area contributed by atoms with Gasteiger partial charge in [-0.2, -0.15) is 5.26 Å². The van der Waals surface area contributed by atoms with Gasteiger partial charge in [0.2, 0.25) is 0 Å². The van der Waals surface area contributed by atoms with Gasteiger partial charge in [-0.3, -0.25) is 10.1 Å². The Balaban J connectivity index is 1.88. The van der Waals surface area contributed by atoms with Gasteiger partial charge in [0.25, 0.3) is 6.04 Å². The zero-order valence-electron chi connectivity index (χ0n) is 15.5. The average molecular weight is 414 g/mol. The molecule has 0 spiro atoms. The molecule has 0 saturated carbocycles. The van der Waals surface area contributed by atoms with Gasteiger partial charge in [0.05, 0.1) is 12.7 Å². The molecule has 1 aliphatic rings. The molecule has 30 heavy (non-hydrogen) atoms.